The van der Waals surface area contributed by atoms with Gasteiger partial charge in [-0.05, 0) is 74.6 Å². The molecule has 6 heteroatoms. The monoisotopic (exact) mass is 458 g/mol. The Hall–Kier alpha value is -1.74. The molecule has 0 bridgehead atoms. The molecule has 0 aliphatic heterocycles. The predicted molar refractivity (Wildman–Crippen MR) is 142 cm³/mol. The molecule has 0 radical (unpaired) electrons. The van der Waals surface area contributed by atoms with Gasteiger partial charge in [-0.15, -0.1) is 0 Å². The third-order valence-corrected chi connectivity index (χ3v) is 7.74. The molecular formula is C25H39AlN2O2S. The molecule has 0 amide bonds. The lowest BCUT2D eigenvalue weighted by atomic mass is 10.3. The molecule has 0 atom stereocenters. The molecule has 2 aromatic rings. The van der Waals surface area contributed by atoms with Crippen molar-refractivity contribution in [2.24, 2.45) is 11.8 Å². The molecule has 0 saturated heterocycles. The van der Waals surface area contributed by atoms with Gasteiger partial charge in [-0.3, -0.25) is 0 Å². The minimum Gasteiger partial charge on any atom is -0.494 e. The normalized spacial score (nSPS) is 10.2. The summed E-state index contributed by atoms with van der Waals surface area (Å²) in [5.74, 6) is 3.60. The standard InChI is InChI=1S/C17H20N2O2S.2C4H9.Al.H/c1-3-20-15-9-5-13(6-10-15)18-17(22)19-14-7-11-16(12-8-14)21-4-2;2*1-4(2)3;;/h5-12H,3-4H2,1-2H3,(H2,18,19,22);2*4H,1H2,2-3H3;;. The van der Waals surface area contributed by atoms with Crippen molar-refractivity contribution in [2.75, 3.05) is 23.8 Å². The van der Waals surface area contributed by atoms with E-state index < -0.39 is 0 Å². The van der Waals surface area contributed by atoms with Crippen LogP contribution in [0.4, 0.5) is 11.4 Å². The number of benzene rings is 2. The Bertz CT molecular complexity index is 673. The van der Waals surface area contributed by atoms with Crippen molar-refractivity contribution >= 4 is 43.9 Å². The van der Waals surface area contributed by atoms with E-state index >= 15 is 0 Å². The molecule has 4 nitrogen and oxygen atoms in total. The highest BCUT2D eigenvalue weighted by Gasteiger charge is 2.01. The summed E-state index contributed by atoms with van der Waals surface area (Å²) < 4.78 is 10.8. The molecule has 2 aromatic carbocycles. The topological polar surface area (TPSA) is 42.5 Å². The van der Waals surface area contributed by atoms with Crippen LogP contribution < -0.4 is 20.1 Å². The predicted octanol–water partition coefficient (Wildman–Crippen LogP) is 6.86. The van der Waals surface area contributed by atoms with Crippen molar-refractivity contribution in [3.05, 3.63) is 48.5 Å². The Labute approximate surface area is 200 Å². The van der Waals surface area contributed by atoms with Crippen molar-refractivity contribution in [1.29, 1.82) is 0 Å². The Balaban J connectivity index is 0.000000452. The van der Waals surface area contributed by atoms with Gasteiger partial charge in [-0.25, -0.2) is 0 Å². The molecular weight excluding hydrogens is 419 g/mol. The van der Waals surface area contributed by atoms with Gasteiger partial charge >= 0.3 is 0 Å². The largest absolute Gasteiger partial charge is 0.494 e. The van der Waals surface area contributed by atoms with Crippen LogP contribution in [0.1, 0.15) is 41.5 Å². The average molecular weight is 459 g/mol. The Morgan fingerprint density at radius 3 is 1.39 bits per heavy atom. The van der Waals surface area contributed by atoms with Crippen LogP contribution in [0.15, 0.2) is 48.5 Å². The SMILES string of the molecule is CC(C)[CH2][AlH][CH2]C(C)C.CCOc1ccc(NC(=S)Nc2ccc(OCC)cc2)cc1. The smallest absolute Gasteiger partial charge is 0.237 e. The van der Waals surface area contributed by atoms with Crippen LogP contribution in [-0.4, -0.2) is 33.5 Å². The minimum atomic E-state index is 0.316. The number of hydrogen-bond acceptors (Lipinski definition) is 3. The third kappa shape index (κ3) is 13.3. The van der Waals surface area contributed by atoms with E-state index in [0.29, 0.717) is 33.5 Å². The maximum atomic E-state index is 5.40. The van der Waals surface area contributed by atoms with Gasteiger partial charge in [-0.2, -0.15) is 0 Å². The molecule has 2 rings (SSSR count). The van der Waals surface area contributed by atoms with Crippen molar-refractivity contribution in [3.63, 3.8) is 0 Å². The third-order valence-electron chi connectivity index (χ3n) is 4.41. The number of hydrogen-bond donors (Lipinski definition) is 2. The summed E-state index contributed by atoms with van der Waals surface area (Å²) in [5.41, 5.74) is 1.82. The molecule has 31 heavy (non-hydrogen) atoms. The molecule has 0 aliphatic rings. The van der Waals surface area contributed by atoms with Gasteiger partial charge in [0, 0.05) is 11.4 Å². The number of rotatable bonds is 10. The molecule has 0 fully saturated rings. The second-order valence-corrected chi connectivity index (χ2v) is 10.5. The Kier molecular flexibility index (Phi) is 14.1. The molecule has 0 unspecified atom stereocenters. The zero-order valence-electron chi connectivity index (χ0n) is 20.0. The molecule has 170 valence electrons. The van der Waals surface area contributed by atoms with E-state index in [0.717, 1.165) is 34.7 Å². The second kappa shape index (κ2) is 16.0. The highest BCUT2D eigenvalue weighted by molar-refractivity contribution is 7.80. The van der Waals surface area contributed by atoms with Crippen LogP contribution in [0.5, 0.6) is 11.5 Å². The van der Waals surface area contributed by atoms with Gasteiger partial charge in [-0.1, -0.05) is 50.1 Å². The molecule has 0 aromatic heterocycles. The number of nitrogens with one attached hydrogen (secondary N) is 2. The van der Waals surface area contributed by atoms with Crippen molar-refractivity contribution in [2.45, 2.75) is 52.1 Å². The van der Waals surface area contributed by atoms with Gasteiger partial charge in [0.25, 0.3) is 0 Å². The summed E-state index contributed by atoms with van der Waals surface area (Å²) in [4.78, 5) is 0. The fraction of sp³-hybridized carbons (Fsp3) is 0.480. The van der Waals surface area contributed by atoms with Crippen molar-refractivity contribution < 1.29 is 9.47 Å². The van der Waals surface area contributed by atoms with E-state index in [4.69, 9.17) is 21.7 Å². The maximum Gasteiger partial charge on any atom is 0.237 e. The number of anilines is 2. The Morgan fingerprint density at radius 2 is 1.10 bits per heavy atom. The lowest BCUT2D eigenvalue weighted by molar-refractivity contribution is 0.340. The summed E-state index contributed by atoms with van der Waals surface area (Å²) in [7, 11) is 0. The van der Waals surface area contributed by atoms with Crippen LogP contribution >= 0.6 is 12.2 Å². The van der Waals surface area contributed by atoms with Gasteiger partial charge in [0.2, 0.25) is 15.2 Å². The summed E-state index contributed by atoms with van der Waals surface area (Å²) in [6.07, 6.45) is 0. The quantitative estimate of drug-likeness (QED) is 0.301. The highest BCUT2D eigenvalue weighted by Crippen LogP contribution is 2.18. The van der Waals surface area contributed by atoms with Gasteiger partial charge in [0.05, 0.1) is 13.2 Å². The van der Waals surface area contributed by atoms with E-state index in [1.54, 1.807) is 0 Å². The lowest BCUT2D eigenvalue weighted by Gasteiger charge is -2.12. The summed E-state index contributed by atoms with van der Waals surface area (Å²) in [6, 6.07) is 15.3. The first-order valence-electron chi connectivity index (χ1n) is 11.4. The minimum absolute atomic E-state index is 0.316. The van der Waals surface area contributed by atoms with Crippen LogP contribution in [-0.2, 0) is 0 Å². The van der Waals surface area contributed by atoms with E-state index in [1.165, 1.54) is 10.6 Å². The van der Waals surface area contributed by atoms with Crippen LogP contribution in [0, 0.1) is 11.8 Å². The molecule has 0 saturated carbocycles. The van der Waals surface area contributed by atoms with Gasteiger partial charge < -0.3 is 20.1 Å². The van der Waals surface area contributed by atoms with Crippen molar-refractivity contribution in [3.8, 4) is 11.5 Å². The Morgan fingerprint density at radius 1 is 0.742 bits per heavy atom. The highest BCUT2D eigenvalue weighted by atomic mass is 32.1. The van der Waals surface area contributed by atoms with Gasteiger partial charge in [0.1, 0.15) is 11.5 Å². The summed E-state index contributed by atoms with van der Waals surface area (Å²) in [6.45, 7) is 14.5. The van der Waals surface area contributed by atoms with E-state index in [1.807, 2.05) is 62.4 Å². The first kappa shape index (κ1) is 27.3. The van der Waals surface area contributed by atoms with E-state index in [-0.39, 0.29) is 0 Å². The second-order valence-electron chi connectivity index (χ2n) is 8.21. The zero-order chi connectivity index (χ0) is 23.1. The summed E-state index contributed by atoms with van der Waals surface area (Å²) >= 11 is 5.62. The lowest BCUT2D eigenvalue weighted by Crippen LogP contribution is -2.18. The molecule has 0 heterocycles. The zero-order valence-corrected chi connectivity index (χ0v) is 22.3. The summed E-state index contributed by atoms with van der Waals surface area (Å²) in [5, 5.41) is 9.88. The number of thiocarbonyl (C=S) groups is 1. The fourth-order valence-corrected chi connectivity index (χ4v) is 4.93. The van der Waals surface area contributed by atoms with Crippen LogP contribution in [0.3, 0.4) is 0 Å². The average Bonchev–Trinajstić information content (AvgIpc) is 2.71. The van der Waals surface area contributed by atoms with Crippen LogP contribution in [0.2, 0.25) is 10.6 Å². The molecule has 2 N–H and O–H groups in total. The molecule has 0 spiro atoms. The van der Waals surface area contributed by atoms with Gasteiger partial charge in [0.15, 0.2) is 5.11 Å². The van der Waals surface area contributed by atoms with E-state index in [9.17, 15) is 0 Å². The van der Waals surface area contributed by atoms with Crippen molar-refractivity contribution in [1.82, 2.24) is 0 Å². The van der Waals surface area contributed by atoms with Crippen LogP contribution in [0.25, 0.3) is 0 Å². The fourth-order valence-electron chi connectivity index (χ4n) is 2.83. The first-order valence-corrected chi connectivity index (χ1v) is 13.8. The number of ether oxygens (including phenoxy) is 2. The molecule has 0 aliphatic carbocycles. The van der Waals surface area contributed by atoms with E-state index in [2.05, 4.69) is 38.3 Å². The maximum absolute atomic E-state index is 5.40. The first-order chi connectivity index (χ1) is 14.8.